The highest BCUT2D eigenvalue weighted by Crippen LogP contribution is 2.37. The van der Waals surface area contributed by atoms with Crippen LogP contribution in [0.1, 0.15) is 43.5 Å². The van der Waals surface area contributed by atoms with Crippen molar-refractivity contribution in [3.63, 3.8) is 0 Å². The first kappa shape index (κ1) is 38.2. The lowest BCUT2D eigenvalue weighted by Gasteiger charge is -2.25. The van der Waals surface area contributed by atoms with Gasteiger partial charge in [-0.05, 0) is 97.0 Å². The first-order valence-electron chi connectivity index (χ1n) is 15.6. The molecule has 268 valence electrons. The number of rotatable bonds is 13. The molecule has 0 saturated heterocycles. The standard InChI is InChI=1S/C36H33Cl2IN2O9S/c1-6-47-27-15-21(9-11-26(27)49-18-30(42)46-5)32-31(35(44)48-7-2)19(3)40-36-41(32)34(43)29(51-36)14-20-12-25(39)33(28(13-20)45-4)50-17-22-8-10-23(37)16-24(22)38/h8-16,32H,6-7,17-18H2,1-5H3/b29-14-/t32-/m0/s1. The average Bonchev–Trinajstić information content (AvgIpc) is 3.40. The number of benzene rings is 3. The van der Waals surface area contributed by atoms with Gasteiger partial charge in [-0.15, -0.1) is 0 Å². The van der Waals surface area contributed by atoms with Crippen molar-refractivity contribution >= 4 is 75.1 Å². The van der Waals surface area contributed by atoms with Gasteiger partial charge in [0.1, 0.15) is 6.61 Å². The van der Waals surface area contributed by atoms with Crippen LogP contribution in [-0.4, -0.2) is 50.5 Å². The third-order valence-electron chi connectivity index (χ3n) is 7.61. The predicted octanol–water partition coefficient (Wildman–Crippen LogP) is 6.25. The minimum absolute atomic E-state index is 0.129. The first-order chi connectivity index (χ1) is 24.5. The van der Waals surface area contributed by atoms with Gasteiger partial charge in [-0.25, -0.2) is 14.6 Å². The number of carbonyl (C=O) groups excluding carboxylic acids is 2. The van der Waals surface area contributed by atoms with Crippen molar-refractivity contribution in [2.75, 3.05) is 34.0 Å². The molecule has 0 amide bonds. The maximum Gasteiger partial charge on any atom is 0.343 e. The van der Waals surface area contributed by atoms with E-state index in [1.54, 1.807) is 69.3 Å². The average molecular weight is 868 g/mol. The summed E-state index contributed by atoms with van der Waals surface area (Å²) < 4.78 is 36.0. The summed E-state index contributed by atoms with van der Waals surface area (Å²) in [5.41, 5.74) is 2.24. The number of aromatic nitrogens is 1. The monoisotopic (exact) mass is 866 g/mol. The molecule has 0 saturated carbocycles. The Balaban J connectivity index is 1.58. The normalized spacial score (nSPS) is 14.0. The second-order valence-electron chi connectivity index (χ2n) is 10.9. The predicted molar refractivity (Wildman–Crippen MR) is 202 cm³/mol. The molecule has 0 N–H and O–H groups in total. The molecule has 0 radical (unpaired) electrons. The molecule has 2 heterocycles. The molecule has 5 rings (SSSR count). The van der Waals surface area contributed by atoms with Crippen LogP contribution in [0.15, 0.2) is 69.6 Å². The van der Waals surface area contributed by atoms with Gasteiger partial charge in [0.15, 0.2) is 34.4 Å². The van der Waals surface area contributed by atoms with Crippen molar-refractivity contribution in [3.8, 4) is 23.0 Å². The number of hydrogen-bond donors (Lipinski definition) is 0. The number of halogens is 3. The number of hydrogen-bond acceptors (Lipinski definition) is 11. The highest BCUT2D eigenvalue weighted by Gasteiger charge is 2.34. The SMILES string of the molecule is CCOC(=O)C1=C(C)N=c2s/c(=C\c3cc(I)c(OCc4ccc(Cl)cc4Cl)c(OC)c3)c(=O)n2[C@H]1c1ccc(OCC(=O)OC)c(OCC)c1. The van der Waals surface area contributed by atoms with Gasteiger partial charge in [0.2, 0.25) is 0 Å². The Morgan fingerprint density at radius 2 is 1.76 bits per heavy atom. The Morgan fingerprint density at radius 3 is 2.45 bits per heavy atom. The number of thiazole rings is 1. The molecule has 51 heavy (non-hydrogen) atoms. The van der Waals surface area contributed by atoms with Crippen LogP contribution in [0.2, 0.25) is 10.0 Å². The molecule has 0 fully saturated rings. The molecular formula is C36H33Cl2IN2O9S. The molecule has 0 aliphatic carbocycles. The molecule has 3 aromatic carbocycles. The van der Waals surface area contributed by atoms with Gasteiger partial charge in [-0.2, -0.15) is 0 Å². The van der Waals surface area contributed by atoms with Gasteiger partial charge in [0.05, 0.1) is 52.8 Å². The van der Waals surface area contributed by atoms with Gasteiger partial charge in [-0.1, -0.05) is 46.7 Å². The van der Waals surface area contributed by atoms with E-state index in [0.717, 1.165) is 9.13 Å². The van der Waals surface area contributed by atoms with Gasteiger partial charge in [-0.3, -0.25) is 9.36 Å². The van der Waals surface area contributed by atoms with E-state index >= 15 is 0 Å². The summed E-state index contributed by atoms with van der Waals surface area (Å²) >= 11 is 15.7. The van der Waals surface area contributed by atoms with E-state index in [2.05, 4.69) is 32.3 Å². The summed E-state index contributed by atoms with van der Waals surface area (Å²) in [5, 5.41) is 1.01. The molecule has 1 aliphatic rings. The third-order valence-corrected chi connectivity index (χ3v) is 9.98. The Labute approximate surface area is 321 Å². The van der Waals surface area contributed by atoms with E-state index in [1.165, 1.54) is 30.1 Å². The quantitative estimate of drug-likeness (QED) is 0.113. The molecule has 15 heteroatoms. The zero-order valence-corrected chi connectivity index (χ0v) is 32.7. The lowest BCUT2D eigenvalue weighted by Crippen LogP contribution is -2.40. The van der Waals surface area contributed by atoms with Gasteiger partial charge >= 0.3 is 11.9 Å². The molecule has 1 aliphatic heterocycles. The summed E-state index contributed by atoms with van der Waals surface area (Å²) in [4.78, 5) is 44.5. The Kier molecular flexibility index (Phi) is 12.7. The summed E-state index contributed by atoms with van der Waals surface area (Å²) in [6.07, 6.45) is 1.74. The minimum Gasteiger partial charge on any atom is -0.493 e. The van der Waals surface area contributed by atoms with Gasteiger partial charge in [0.25, 0.3) is 5.56 Å². The van der Waals surface area contributed by atoms with Crippen LogP contribution in [0.4, 0.5) is 0 Å². The fourth-order valence-electron chi connectivity index (χ4n) is 5.29. The van der Waals surface area contributed by atoms with Crippen molar-refractivity contribution in [2.45, 2.75) is 33.4 Å². The number of esters is 2. The fraction of sp³-hybridized carbons (Fsp3) is 0.278. The molecular weight excluding hydrogens is 834 g/mol. The Morgan fingerprint density at radius 1 is 0.980 bits per heavy atom. The number of nitrogens with zero attached hydrogens (tertiary/aromatic N) is 2. The van der Waals surface area contributed by atoms with Crippen LogP contribution in [0.25, 0.3) is 6.08 Å². The van der Waals surface area contributed by atoms with E-state index in [0.29, 0.717) is 65.8 Å². The second kappa shape index (κ2) is 17.0. The lowest BCUT2D eigenvalue weighted by molar-refractivity contribution is -0.143. The van der Waals surface area contributed by atoms with Crippen molar-refractivity contribution < 1.29 is 38.0 Å². The van der Waals surface area contributed by atoms with Crippen molar-refractivity contribution in [3.05, 3.63) is 110 Å². The van der Waals surface area contributed by atoms with E-state index in [1.807, 2.05) is 6.07 Å². The van der Waals surface area contributed by atoms with Crippen LogP contribution < -0.4 is 33.8 Å². The maximum absolute atomic E-state index is 14.3. The van der Waals surface area contributed by atoms with Gasteiger partial charge < -0.3 is 28.4 Å². The smallest absolute Gasteiger partial charge is 0.343 e. The van der Waals surface area contributed by atoms with E-state index in [-0.39, 0.29) is 31.0 Å². The number of ether oxygens (including phenoxy) is 6. The van der Waals surface area contributed by atoms with E-state index < -0.39 is 18.0 Å². The van der Waals surface area contributed by atoms with Crippen LogP contribution in [-0.2, 0) is 25.7 Å². The third kappa shape index (κ3) is 8.54. The fourth-order valence-corrected chi connectivity index (χ4v) is 7.58. The highest BCUT2D eigenvalue weighted by molar-refractivity contribution is 14.1. The topological polar surface area (TPSA) is 124 Å². The Bertz CT molecular complexity index is 2200. The van der Waals surface area contributed by atoms with Crippen molar-refractivity contribution in [2.24, 2.45) is 4.99 Å². The Hall–Kier alpha value is -4.05. The summed E-state index contributed by atoms with van der Waals surface area (Å²) in [6, 6.07) is 12.9. The molecule has 11 nitrogen and oxygen atoms in total. The largest absolute Gasteiger partial charge is 0.493 e. The molecule has 4 aromatic rings. The summed E-state index contributed by atoms with van der Waals surface area (Å²) in [5.74, 6) is 0.431. The summed E-state index contributed by atoms with van der Waals surface area (Å²) in [6.45, 7) is 5.50. The number of fused-ring (bicyclic) bond motifs is 1. The first-order valence-corrected chi connectivity index (χ1v) is 18.2. The van der Waals surface area contributed by atoms with Crippen molar-refractivity contribution in [1.82, 2.24) is 4.57 Å². The van der Waals surface area contributed by atoms with Gasteiger partial charge in [0, 0.05) is 15.6 Å². The van der Waals surface area contributed by atoms with Crippen molar-refractivity contribution in [1.29, 1.82) is 0 Å². The number of carbonyl (C=O) groups is 2. The molecule has 1 aromatic heterocycles. The molecule has 0 unspecified atom stereocenters. The van der Waals surface area contributed by atoms with Crippen LogP contribution in [0, 0.1) is 3.57 Å². The minimum atomic E-state index is -0.901. The number of allylic oxidation sites excluding steroid dienone is 1. The molecule has 0 bridgehead atoms. The van der Waals surface area contributed by atoms with E-state index in [9.17, 15) is 14.4 Å². The van der Waals surface area contributed by atoms with Crippen LogP contribution in [0.5, 0.6) is 23.0 Å². The highest BCUT2D eigenvalue weighted by atomic mass is 127. The van der Waals surface area contributed by atoms with Crippen LogP contribution in [0.3, 0.4) is 0 Å². The van der Waals surface area contributed by atoms with E-state index in [4.69, 9.17) is 46.9 Å². The van der Waals surface area contributed by atoms with Crippen LogP contribution >= 0.6 is 57.1 Å². The zero-order valence-electron chi connectivity index (χ0n) is 28.2. The zero-order chi connectivity index (χ0) is 36.8. The lowest BCUT2D eigenvalue weighted by atomic mass is 9.95. The second-order valence-corrected chi connectivity index (χ2v) is 13.9. The molecule has 1 atom stereocenters. The summed E-state index contributed by atoms with van der Waals surface area (Å²) in [7, 11) is 2.80. The number of methoxy groups -OCH3 is 2. The maximum atomic E-state index is 14.3. The molecule has 0 spiro atoms.